The second-order valence-corrected chi connectivity index (χ2v) is 9.20. The van der Waals surface area contributed by atoms with E-state index >= 15 is 0 Å². The highest BCUT2D eigenvalue weighted by atomic mass is 32.2. The monoisotopic (exact) mass is 445 g/mol. The number of nitrogens with two attached hydrogens (primary N) is 1. The number of Topliss-reactive ketones (excluding diaryl/α,β-unsaturated/α-hetero) is 1. The molecule has 1 heterocycles. The summed E-state index contributed by atoms with van der Waals surface area (Å²) in [5.41, 5.74) is 7.19. The quantitative estimate of drug-likeness (QED) is 0.314. The minimum Gasteiger partial charge on any atom is -0.401 e. The van der Waals surface area contributed by atoms with Gasteiger partial charge in [0.2, 0.25) is 0 Å². The van der Waals surface area contributed by atoms with Gasteiger partial charge in [-0.2, -0.15) is 5.26 Å². The molecule has 7 heteroatoms. The lowest BCUT2D eigenvalue weighted by molar-refractivity contribution is -0.112. The van der Waals surface area contributed by atoms with Crippen LogP contribution < -0.4 is 5.73 Å². The summed E-state index contributed by atoms with van der Waals surface area (Å²) in [4.78, 5) is 12.5. The molecule has 2 aromatic carbocycles. The maximum Gasteiger partial charge on any atom is 0.191 e. The second-order valence-electron chi connectivity index (χ2n) is 8.26. The molecule has 0 saturated heterocycles. The van der Waals surface area contributed by atoms with Crippen LogP contribution in [0.4, 0.5) is 0 Å². The van der Waals surface area contributed by atoms with E-state index in [4.69, 9.17) is 5.73 Å². The molecule has 1 saturated carbocycles. The maximum atomic E-state index is 12.5. The topological polar surface area (TPSA) is 97.6 Å². The number of hydrogen-bond donors (Lipinski definition) is 1. The summed E-state index contributed by atoms with van der Waals surface area (Å²) >= 11 is 1.34. The summed E-state index contributed by atoms with van der Waals surface area (Å²) in [6, 6.07) is 17.0. The summed E-state index contributed by atoms with van der Waals surface area (Å²) in [5, 5.41) is 21.4. The molecule has 0 radical (unpaired) electrons. The van der Waals surface area contributed by atoms with Crippen LogP contribution >= 0.6 is 11.8 Å². The summed E-state index contributed by atoms with van der Waals surface area (Å²) in [7, 11) is 0. The van der Waals surface area contributed by atoms with Crippen LogP contribution in [-0.2, 0) is 11.2 Å². The Morgan fingerprint density at radius 1 is 1.16 bits per heavy atom. The summed E-state index contributed by atoms with van der Waals surface area (Å²) in [5.74, 6) is 0.775. The van der Waals surface area contributed by atoms with E-state index in [1.54, 1.807) is 6.92 Å². The average Bonchev–Trinajstić information content (AvgIpc) is 3.21. The first kappa shape index (κ1) is 22.1. The number of carbonyl (C=O) groups is 1. The van der Waals surface area contributed by atoms with E-state index in [0.717, 1.165) is 23.8 Å². The smallest absolute Gasteiger partial charge is 0.191 e. The molecule has 1 aliphatic carbocycles. The van der Waals surface area contributed by atoms with E-state index in [2.05, 4.69) is 57.2 Å². The Hall–Kier alpha value is -3.11. The molecular formula is C25H27N5OS. The lowest BCUT2D eigenvalue weighted by Gasteiger charge is -2.25. The summed E-state index contributed by atoms with van der Waals surface area (Å²) in [6.45, 7) is 1.58. The Morgan fingerprint density at radius 3 is 2.66 bits per heavy atom. The van der Waals surface area contributed by atoms with Gasteiger partial charge in [0.1, 0.15) is 17.5 Å². The molecule has 164 valence electrons. The van der Waals surface area contributed by atoms with Crippen molar-refractivity contribution in [3.05, 3.63) is 65.1 Å². The molecule has 4 rings (SSSR count). The molecule has 2 N–H and O–H groups in total. The van der Waals surface area contributed by atoms with Crippen molar-refractivity contribution in [3.63, 3.8) is 0 Å². The minimum absolute atomic E-state index is 0.0252. The highest BCUT2D eigenvalue weighted by molar-refractivity contribution is 7.99. The van der Waals surface area contributed by atoms with Gasteiger partial charge >= 0.3 is 0 Å². The van der Waals surface area contributed by atoms with E-state index in [-0.39, 0.29) is 22.8 Å². The number of rotatable bonds is 7. The van der Waals surface area contributed by atoms with Gasteiger partial charge in [-0.25, -0.2) is 0 Å². The number of nitrogens with zero attached hydrogens (tertiary/aromatic N) is 4. The van der Waals surface area contributed by atoms with Gasteiger partial charge in [0.25, 0.3) is 0 Å². The van der Waals surface area contributed by atoms with Gasteiger partial charge in [0, 0.05) is 18.2 Å². The molecule has 1 aromatic heterocycles. The largest absolute Gasteiger partial charge is 0.401 e. The fourth-order valence-corrected chi connectivity index (χ4v) is 5.32. The molecule has 0 spiro atoms. The normalized spacial score (nSPS) is 15.4. The predicted molar refractivity (Wildman–Crippen MR) is 127 cm³/mol. The van der Waals surface area contributed by atoms with Gasteiger partial charge in [-0.1, -0.05) is 73.5 Å². The highest BCUT2D eigenvalue weighted by Gasteiger charge is 2.24. The first-order valence-corrected chi connectivity index (χ1v) is 12.0. The molecular weight excluding hydrogens is 418 g/mol. The van der Waals surface area contributed by atoms with Crippen molar-refractivity contribution in [1.29, 1.82) is 5.26 Å². The molecule has 0 atom stereocenters. The van der Waals surface area contributed by atoms with Crippen LogP contribution in [0.3, 0.4) is 0 Å². The first-order chi connectivity index (χ1) is 15.6. The van der Waals surface area contributed by atoms with Crippen molar-refractivity contribution in [2.24, 2.45) is 5.73 Å². The third-order valence-corrected chi connectivity index (χ3v) is 6.96. The predicted octanol–water partition coefficient (Wildman–Crippen LogP) is 4.94. The van der Waals surface area contributed by atoms with Crippen LogP contribution in [0.1, 0.15) is 56.5 Å². The number of carbonyl (C=O) groups excluding carboxylic acids is 1. The number of aromatic nitrogens is 3. The molecule has 1 fully saturated rings. The zero-order valence-corrected chi connectivity index (χ0v) is 19.1. The minimum atomic E-state index is -0.272. The third kappa shape index (κ3) is 4.71. The Labute approximate surface area is 192 Å². The number of fused-ring (bicyclic) bond motifs is 1. The number of thioether (sulfide) groups is 1. The number of hydrogen-bond acceptors (Lipinski definition) is 6. The van der Waals surface area contributed by atoms with Gasteiger partial charge < -0.3 is 10.3 Å². The molecule has 32 heavy (non-hydrogen) atoms. The van der Waals surface area contributed by atoms with Gasteiger partial charge in [-0.05, 0) is 36.1 Å². The first-order valence-electron chi connectivity index (χ1n) is 11.0. The molecule has 0 amide bonds. The van der Waals surface area contributed by atoms with Gasteiger partial charge in [0.15, 0.2) is 10.9 Å². The van der Waals surface area contributed by atoms with Gasteiger partial charge in [0.05, 0.1) is 5.75 Å². The van der Waals surface area contributed by atoms with E-state index in [0.29, 0.717) is 12.5 Å². The lowest BCUT2D eigenvalue weighted by Crippen LogP contribution is -2.17. The van der Waals surface area contributed by atoms with Crippen molar-refractivity contribution in [1.82, 2.24) is 14.8 Å². The van der Waals surface area contributed by atoms with Crippen molar-refractivity contribution >= 4 is 28.3 Å². The van der Waals surface area contributed by atoms with E-state index in [1.807, 2.05) is 6.07 Å². The van der Waals surface area contributed by atoms with Crippen molar-refractivity contribution in [3.8, 4) is 6.07 Å². The van der Waals surface area contributed by atoms with E-state index < -0.39 is 0 Å². The lowest BCUT2D eigenvalue weighted by atomic mass is 9.95. The van der Waals surface area contributed by atoms with Crippen LogP contribution in [0.25, 0.3) is 10.8 Å². The standard InChI is InChI=1S/C25H27N5OS/c1-17(27)22(15-26)23(31)16-32-25-29-28-24(30(25)20-11-3-2-4-12-20)14-19-10-7-9-18-8-5-6-13-21(18)19/h5-10,13,20H,2-4,11-12,14,16,27H2,1H3/b22-17+. The van der Waals surface area contributed by atoms with Crippen LogP contribution in [0, 0.1) is 11.3 Å². The van der Waals surface area contributed by atoms with Gasteiger partial charge in [-0.3, -0.25) is 4.79 Å². The zero-order chi connectivity index (χ0) is 22.5. The fourth-order valence-electron chi connectivity index (χ4n) is 4.42. The second kappa shape index (κ2) is 10.0. The van der Waals surface area contributed by atoms with Gasteiger partial charge in [-0.15, -0.1) is 10.2 Å². The van der Waals surface area contributed by atoms with E-state index in [9.17, 15) is 10.1 Å². The summed E-state index contributed by atoms with van der Waals surface area (Å²) in [6.07, 6.45) is 6.50. The maximum absolute atomic E-state index is 12.5. The number of nitriles is 1. The molecule has 0 bridgehead atoms. The Bertz CT molecular complexity index is 1190. The van der Waals surface area contributed by atoms with Crippen LogP contribution in [0.5, 0.6) is 0 Å². The average molecular weight is 446 g/mol. The third-order valence-electron chi connectivity index (χ3n) is 6.02. The zero-order valence-electron chi connectivity index (χ0n) is 18.3. The van der Waals surface area contributed by atoms with Crippen LogP contribution in [-0.4, -0.2) is 26.3 Å². The molecule has 0 unspecified atom stereocenters. The van der Waals surface area contributed by atoms with Crippen LogP contribution in [0.2, 0.25) is 0 Å². The van der Waals surface area contributed by atoms with E-state index in [1.165, 1.54) is 47.4 Å². The number of ketones is 1. The fraction of sp³-hybridized carbons (Fsp3) is 0.360. The number of benzene rings is 2. The molecule has 0 aliphatic heterocycles. The Kier molecular flexibility index (Phi) is 6.91. The SMILES string of the molecule is C/C(N)=C(/C#N)C(=O)CSc1nnc(Cc2cccc3ccccc23)n1C1CCCCC1. The van der Waals surface area contributed by atoms with Crippen LogP contribution in [0.15, 0.2) is 58.9 Å². The Balaban J connectivity index is 1.64. The molecule has 1 aliphatic rings. The summed E-state index contributed by atoms with van der Waals surface area (Å²) < 4.78 is 2.24. The van der Waals surface area contributed by atoms with Crippen molar-refractivity contribution in [2.45, 2.75) is 56.6 Å². The molecule has 3 aromatic rings. The molecule has 6 nitrogen and oxygen atoms in total. The number of allylic oxidation sites excluding steroid dienone is 2. The van der Waals surface area contributed by atoms with Crippen molar-refractivity contribution in [2.75, 3.05) is 5.75 Å². The Morgan fingerprint density at radius 2 is 1.91 bits per heavy atom. The highest BCUT2D eigenvalue weighted by Crippen LogP contribution is 2.34. The van der Waals surface area contributed by atoms with Crippen molar-refractivity contribution < 1.29 is 4.79 Å².